The Bertz CT molecular complexity index is 1050. The highest BCUT2D eigenvalue weighted by molar-refractivity contribution is 9.10. The smallest absolute Gasteiger partial charge is 0.328 e. The summed E-state index contributed by atoms with van der Waals surface area (Å²) in [5.74, 6) is -2.05. The van der Waals surface area contributed by atoms with Crippen LogP contribution in [-0.4, -0.2) is 48.9 Å². The van der Waals surface area contributed by atoms with E-state index in [0.717, 1.165) is 10.0 Å². The molecule has 0 saturated carbocycles. The summed E-state index contributed by atoms with van der Waals surface area (Å²) < 4.78 is 5.52. The summed E-state index contributed by atoms with van der Waals surface area (Å²) in [5.41, 5.74) is 1.60. The molecular weight excluding hydrogens is 514 g/mol. The first-order valence-electron chi connectivity index (χ1n) is 10.2. The van der Waals surface area contributed by atoms with Crippen molar-refractivity contribution in [3.05, 3.63) is 69.2 Å². The average molecular weight is 537 g/mol. The van der Waals surface area contributed by atoms with Gasteiger partial charge in [0.15, 0.2) is 0 Å². The van der Waals surface area contributed by atoms with E-state index in [4.69, 9.17) is 16.3 Å². The Morgan fingerprint density at radius 3 is 2.45 bits per heavy atom. The van der Waals surface area contributed by atoms with Crippen molar-refractivity contribution in [2.75, 3.05) is 7.11 Å². The van der Waals surface area contributed by atoms with Gasteiger partial charge in [0.1, 0.15) is 18.1 Å². The van der Waals surface area contributed by atoms with E-state index in [1.54, 1.807) is 18.2 Å². The lowest BCUT2D eigenvalue weighted by atomic mass is 10.0. The number of piperazine rings is 1. The van der Waals surface area contributed by atoms with Gasteiger partial charge in [-0.25, -0.2) is 4.79 Å². The summed E-state index contributed by atoms with van der Waals surface area (Å²) in [4.78, 5) is 49.8. The maximum Gasteiger partial charge on any atom is 0.328 e. The van der Waals surface area contributed by atoms with Gasteiger partial charge in [0.25, 0.3) is 0 Å². The highest BCUT2D eigenvalue weighted by Gasteiger charge is 2.35. The number of carbonyl (C=O) groups is 4. The molecule has 0 aliphatic carbocycles. The second kappa shape index (κ2) is 11.3. The van der Waals surface area contributed by atoms with Gasteiger partial charge in [0.2, 0.25) is 17.7 Å². The van der Waals surface area contributed by atoms with Gasteiger partial charge in [-0.1, -0.05) is 57.9 Å². The number of nitrogens with one attached hydrogen (secondary N) is 3. The zero-order valence-corrected chi connectivity index (χ0v) is 20.1. The van der Waals surface area contributed by atoms with Crippen LogP contribution in [0.25, 0.3) is 0 Å². The van der Waals surface area contributed by atoms with Crippen LogP contribution in [-0.2, 0) is 36.8 Å². The van der Waals surface area contributed by atoms with Crippen molar-refractivity contribution in [1.29, 1.82) is 0 Å². The predicted octanol–water partition coefficient (Wildman–Crippen LogP) is 1.92. The van der Waals surface area contributed by atoms with Gasteiger partial charge >= 0.3 is 5.97 Å². The van der Waals surface area contributed by atoms with Crippen LogP contribution in [0.5, 0.6) is 0 Å². The molecule has 2 aromatic rings. The molecule has 1 fully saturated rings. The molecule has 1 aliphatic rings. The van der Waals surface area contributed by atoms with E-state index in [9.17, 15) is 19.2 Å². The Morgan fingerprint density at radius 2 is 1.76 bits per heavy atom. The number of rotatable bonds is 8. The maximum atomic E-state index is 12.6. The third-order valence-electron chi connectivity index (χ3n) is 5.19. The third-order valence-corrected chi connectivity index (χ3v) is 6.20. The zero-order valence-electron chi connectivity index (χ0n) is 17.8. The van der Waals surface area contributed by atoms with Crippen LogP contribution in [0.2, 0.25) is 5.02 Å². The number of carbonyl (C=O) groups excluding carboxylic acids is 4. The van der Waals surface area contributed by atoms with Gasteiger partial charge in [-0.05, 0) is 29.3 Å². The molecule has 174 valence electrons. The van der Waals surface area contributed by atoms with Crippen molar-refractivity contribution < 1.29 is 23.9 Å². The number of ether oxygens (including phenoxy) is 1. The monoisotopic (exact) mass is 535 g/mol. The predicted molar refractivity (Wildman–Crippen MR) is 125 cm³/mol. The molecule has 0 aromatic heterocycles. The summed E-state index contributed by atoms with van der Waals surface area (Å²) in [6.07, 6.45) is 0.151. The molecule has 1 saturated heterocycles. The molecule has 1 heterocycles. The van der Waals surface area contributed by atoms with E-state index in [2.05, 4.69) is 31.9 Å². The molecule has 3 rings (SSSR count). The molecule has 0 bridgehead atoms. The fourth-order valence-electron chi connectivity index (χ4n) is 3.51. The zero-order chi connectivity index (χ0) is 24.0. The van der Waals surface area contributed by atoms with E-state index in [1.165, 1.54) is 7.11 Å². The lowest BCUT2D eigenvalue weighted by molar-refractivity contribution is -0.145. The second-order valence-corrected chi connectivity index (χ2v) is 8.89. The van der Waals surface area contributed by atoms with Crippen molar-refractivity contribution in [3.8, 4) is 0 Å². The average Bonchev–Trinajstić information content (AvgIpc) is 2.79. The Morgan fingerprint density at radius 1 is 1.09 bits per heavy atom. The van der Waals surface area contributed by atoms with Crippen molar-refractivity contribution >= 4 is 51.2 Å². The van der Waals surface area contributed by atoms with Crippen molar-refractivity contribution in [2.45, 2.75) is 37.4 Å². The van der Waals surface area contributed by atoms with Crippen molar-refractivity contribution in [1.82, 2.24) is 16.0 Å². The van der Waals surface area contributed by atoms with Crippen LogP contribution in [0.4, 0.5) is 0 Å². The van der Waals surface area contributed by atoms with E-state index in [-0.39, 0.29) is 18.7 Å². The molecule has 8 nitrogen and oxygen atoms in total. The topological polar surface area (TPSA) is 114 Å². The number of methoxy groups -OCH3 is 1. The normalized spacial score (nSPS) is 18.6. The van der Waals surface area contributed by atoms with Gasteiger partial charge in [-0.3, -0.25) is 14.4 Å². The number of hydrogen-bond acceptors (Lipinski definition) is 5. The SMILES string of the molecule is COC(=O)[C@@H](Cc1cc(Cl)ccc1Br)NC(=O)C[C@@H]1NC(=O)[C@H](Cc2ccccc2)NC1=O. The fourth-order valence-corrected chi connectivity index (χ4v) is 4.11. The molecule has 0 spiro atoms. The van der Waals surface area contributed by atoms with E-state index in [0.29, 0.717) is 17.0 Å². The lowest BCUT2D eigenvalue weighted by Gasteiger charge is -2.29. The van der Waals surface area contributed by atoms with Crippen LogP contribution in [0, 0.1) is 0 Å². The Hall–Kier alpha value is -2.91. The Kier molecular flexibility index (Phi) is 8.46. The van der Waals surface area contributed by atoms with E-state index >= 15 is 0 Å². The van der Waals surface area contributed by atoms with Gasteiger partial charge in [0.05, 0.1) is 13.5 Å². The molecule has 33 heavy (non-hydrogen) atoms. The Labute approximate surface area is 204 Å². The number of hydrogen-bond donors (Lipinski definition) is 3. The number of esters is 1. The van der Waals surface area contributed by atoms with Crippen LogP contribution in [0.15, 0.2) is 53.0 Å². The molecule has 2 aromatic carbocycles. The van der Waals surface area contributed by atoms with Crippen molar-refractivity contribution in [2.24, 2.45) is 0 Å². The molecule has 10 heteroatoms. The van der Waals surface area contributed by atoms with Crippen LogP contribution >= 0.6 is 27.5 Å². The van der Waals surface area contributed by atoms with Crippen molar-refractivity contribution in [3.63, 3.8) is 0 Å². The quantitative estimate of drug-likeness (QED) is 0.446. The third kappa shape index (κ3) is 6.79. The summed E-state index contributed by atoms with van der Waals surface area (Å²) in [6.45, 7) is 0. The first kappa shape index (κ1) is 24.7. The summed E-state index contributed by atoms with van der Waals surface area (Å²) in [6, 6.07) is 11.6. The largest absolute Gasteiger partial charge is 0.467 e. The maximum absolute atomic E-state index is 12.6. The van der Waals surface area contributed by atoms with Gasteiger partial charge in [0, 0.05) is 22.3 Å². The summed E-state index contributed by atoms with van der Waals surface area (Å²) in [7, 11) is 1.22. The van der Waals surface area contributed by atoms with Crippen LogP contribution < -0.4 is 16.0 Å². The molecule has 0 unspecified atom stereocenters. The molecular formula is C23H23BrClN3O5. The number of amides is 3. The standard InChI is InChI=1S/C23H23BrClN3O5/c1-33-23(32)19(11-14-10-15(25)7-8-16(14)24)26-20(29)12-18-22(31)27-17(21(30)28-18)9-13-5-3-2-4-6-13/h2-8,10,17-19H,9,11-12H2,1H3,(H,26,29)(H,27,31)(H,28,30)/t17-,18-,19+/m0/s1. The molecule has 3 amide bonds. The minimum absolute atomic E-state index is 0.127. The number of benzene rings is 2. The first-order valence-corrected chi connectivity index (χ1v) is 11.4. The highest BCUT2D eigenvalue weighted by Crippen LogP contribution is 2.23. The molecule has 3 atom stereocenters. The van der Waals surface area contributed by atoms with Gasteiger partial charge in [-0.2, -0.15) is 0 Å². The molecule has 1 aliphatic heterocycles. The number of halogens is 2. The highest BCUT2D eigenvalue weighted by atomic mass is 79.9. The summed E-state index contributed by atoms with van der Waals surface area (Å²) in [5, 5.41) is 8.33. The van der Waals surface area contributed by atoms with Crippen LogP contribution in [0.3, 0.4) is 0 Å². The molecule has 3 N–H and O–H groups in total. The second-order valence-electron chi connectivity index (χ2n) is 7.60. The first-order chi connectivity index (χ1) is 15.8. The van der Waals surface area contributed by atoms with Gasteiger partial charge < -0.3 is 20.7 Å². The van der Waals surface area contributed by atoms with Gasteiger partial charge in [-0.15, -0.1) is 0 Å². The Balaban J connectivity index is 1.61. The minimum atomic E-state index is -1.04. The van der Waals surface area contributed by atoms with E-state index in [1.807, 2.05) is 30.3 Å². The lowest BCUT2D eigenvalue weighted by Crippen LogP contribution is -2.63. The minimum Gasteiger partial charge on any atom is -0.467 e. The fraction of sp³-hybridized carbons (Fsp3) is 0.304. The summed E-state index contributed by atoms with van der Waals surface area (Å²) >= 11 is 9.43. The van der Waals surface area contributed by atoms with E-state index < -0.39 is 35.9 Å². The van der Waals surface area contributed by atoms with Crippen LogP contribution in [0.1, 0.15) is 17.5 Å². The molecule has 0 radical (unpaired) electrons.